The van der Waals surface area contributed by atoms with E-state index in [4.69, 9.17) is 23.2 Å². The summed E-state index contributed by atoms with van der Waals surface area (Å²) >= 11 is 12.6. The fourth-order valence-electron chi connectivity index (χ4n) is 4.86. The Morgan fingerprint density at radius 3 is 2.52 bits per heavy atom. The lowest BCUT2D eigenvalue weighted by molar-refractivity contribution is 0.0436. The van der Waals surface area contributed by atoms with E-state index >= 15 is 0 Å². The van der Waals surface area contributed by atoms with Crippen LogP contribution in [0.15, 0.2) is 61.2 Å². The van der Waals surface area contributed by atoms with Crippen molar-refractivity contribution >= 4 is 23.2 Å². The molecule has 0 amide bonds. The van der Waals surface area contributed by atoms with Crippen LogP contribution in [0.2, 0.25) is 10.0 Å². The molecule has 0 aliphatic carbocycles. The first-order valence-corrected chi connectivity index (χ1v) is 11.3. The number of benzene rings is 2. The van der Waals surface area contributed by atoms with Crippen molar-refractivity contribution in [3.63, 3.8) is 0 Å². The zero-order valence-corrected chi connectivity index (χ0v) is 19.0. The van der Waals surface area contributed by atoms with Crippen molar-refractivity contribution in [3.8, 4) is 0 Å². The van der Waals surface area contributed by atoms with Gasteiger partial charge in [0.2, 0.25) is 0 Å². The van der Waals surface area contributed by atoms with Gasteiger partial charge in [0.25, 0.3) is 0 Å². The number of piperidine rings is 1. The molecular formula is C25H32Cl2N2. The van der Waals surface area contributed by atoms with Gasteiger partial charge in [-0.2, -0.15) is 0 Å². The van der Waals surface area contributed by atoms with E-state index in [9.17, 15) is 0 Å². The van der Waals surface area contributed by atoms with Crippen LogP contribution in [0, 0.1) is 5.92 Å². The highest BCUT2D eigenvalue weighted by atomic mass is 35.5. The van der Waals surface area contributed by atoms with Crippen molar-refractivity contribution in [1.29, 1.82) is 0 Å². The molecule has 0 spiro atoms. The van der Waals surface area contributed by atoms with E-state index in [2.05, 4.69) is 60.1 Å². The number of hydrogen-bond acceptors (Lipinski definition) is 2. The number of rotatable bonds is 8. The van der Waals surface area contributed by atoms with Gasteiger partial charge in [-0.1, -0.05) is 60.5 Å². The zero-order valence-electron chi connectivity index (χ0n) is 17.5. The van der Waals surface area contributed by atoms with Crippen LogP contribution < -0.4 is 5.32 Å². The first kappa shape index (κ1) is 22.4. The topological polar surface area (TPSA) is 15.3 Å². The second-order valence-electron chi connectivity index (χ2n) is 8.10. The van der Waals surface area contributed by atoms with Crippen LogP contribution in [-0.2, 0) is 0 Å². The SMILES string of the molecule is C=CCC1CC(c2cccc(Cl)c2)C(c2ccc(Cl)cc2)N(C(CC)CNC)C1. The third-order valence-electron chi connectivity index (χ3n) is 6.16. The van der Waals surface area contributed by atoms with Gasteiger partial charge in [0.1, 0.15) is 0 Å². The van der Waals surface area contributed by atoms with E-state index in [0.29, 0.717) is 23.9 Å². The number of likely N-dealkylation sites (tertiary alicyclic amines) is 1. The quantitative estimate of drug-likeness (QED) is 0.467. The molecule has 2 aromatic carbocycles. The summed E-state index contributed by atoms with van der Waals surface area (Å²) in [7, 11) is 2.04. The molecule has 1 N–H and O–H groups in total. The summed E-state index contributed by atoms with van der Waals surface area (Å²) in [5.41, 5.74) is 2.64. The van der Waals surface area contributed by atoms with E-state index in [1.807, 2.05) is 25.2 Å². The predicted octanol–water partition coefficient (Wildman–Crippen LogP) is 6.71. The van der Waals surface area contributed by atoms with Crippen molar-refractivity contribution in [2.45, 2.75) is 44.2 Å². The normalized spacial score (nSPS) is 23.7. The van der Waals surface area contributed by atoms with Crippen LogP contribution in [-0.4, -0.2) is 31.1 Å². The number of allylic oxidation sites excluding steroid dienone is 1. The molecular weight excluding hydrogens is 399 g/mol. The second-order valence-corrected chi connectivity index (χ2v) is 8.97. The fraction of sp³-hybridized carbons (Fsp3) is 0.440. The predicted molar refractivity (Wildman–Crippen MR) is 126 cm³/mol. The standard InChI is InChI=1S/C25H32Cl2N2/c1-4-7-18-14-24(20-8-6-9-22(27)15-20)25(19-10-12-21(26)13-11-19)29(17-18)23(5-2)16-28-3/h4,6,8-13,15,18,23-25,28H,1,5,7,14,16-17H2,2-3H3. The molecule has 4 atom stereocenters. The van der Waals surface area contributed by atoms with Gasteiger partial charge in [-0.15, -0.1) is 6.58 Å². The maximum absolute atomic E-state index is 6.39. The first-order chi connectivity index (χ1) is 14.1. The lowest BCUT2D eigenvalue weighted by atomic mass is 9.74. The second kappa shape index (κ2) is 10.6. The molecule has 2 nitrogen and oxygen atoms in total. The van der Waals surface area contributed by atoms with Crippen LogP contribution in [0.3, 0.4) is 0 Å². The van der Waals surface area contributed by atoms with Gasteiger partial charge < -0.3 is 5.32 Å². The molecule has 4 heteroatoms. The summed E-state index contributed by atoms with van der Waals surface area (Å²) in [4.78, 5) is 2.71. The average Bonchev–Trinajstić information content (AvgIpc) is 2.72. The highest BCUT2D eigenvalue weighted by Crippen LogP contribution is 2.47. The molecule has 29 heavy (non-hydrogen) atoms. The van der Waals surface area contributed by atoms with Crippen molar-refractivity contribution in [1.82, 2.24) is 10.2 Å². The Kier molecular flexibility index (Phi) is 8.20. The van der Waals surface area contributed by atoms with Gasteiger partial charge >= 0.3 is 0 Å². The number of nitrogens with zero attached hydrogens (tertiary/aromatic N) is 1. The highest BCUT2D eigenvalue weighted by Gasteiger charge is 2.40. The molecule has 1 aliphatic rings. The lowest BCUT2D eigenvalue weighted by Gasteiger charge is -2.49. The minimum absolute atomic E-state index is 0.296. The van der Waals surface area contributed by atoms with Crippen molar-refractivity contribution in [2.24, 2.45) is 5.92 Å². The van der Waals surface area contributed by atoms with Crippen LogP contribution in [0.25, 0.3) is 0 Å². The molecule has 3 rings (SSSR count). The highest BCUT2D eigenvalue weighted by molar-refractivity contribution is 6.30. The van der Waals surface area contributed by atoms with Gasteiger partial charge in [0, 0.05) is 41.1 Å². The number of halogens is 2. The molecule has 0 radical (unpaired) electrons. The minimum atomic E-state index is 0.296. The largest absolute Gasteiger partial charge is 0.318 e. The van der Waals surface area contributed by atoms with Crippen molar-refractivity contribution < 1.29 is 0 Å². The maximum Gasteiger partial charge on any atom is 0.0420 e. The van der Waals surface area contributed by atoms with Gasteiger partial charge in [-0.3, -0.25) is 4.90 Å². The Morgan fingerprint density at radius 1 is 1.14 bits per heavy atom. The molecule has 156 valence electrons. The smallest absolute Gasteiger partial charge is 0.0420 e. The summed E-state index contributed by atoms with van der Waals surface area (Å²) in [5.74, 6) is 0.963. The van der Waals surface area contributed by atoms with Gasteiger partial charge in [0.05, 0.1) is 0 Å². The van der Waals surface area contributed by atoms with Crippen LogP contribution >= 0.6 is 23.2 Å². The van der Waals surface area contributed by atoms with Crippen LogP contribution in [0.1, 0.15) is 49.3 Å². The Hall–Kier alpha value is -1.32. The molecule has 1 saturated heterocycles. The Balaban J connectivity index is 2.08. The number of hydrogen-bond donors (Lipinski definition) is 1. The molecule has 2 aromatic rings. The molecule has 1 fully saturated rings. The number of likely N-dealkylation sites (N-methyl/N-ethyl adjacent to an activating group) is 1. The minimum Gasteiger partial charge on any atom is -0.318 e. The summed E-state index contributed by atoms with van der Waals surface area (Å²) in [6.45, 7) is 8.35. The molecule has 4 unspecified atom stereocenters. The Bertz CT molecular complexity index is 790. The molecule has 0 aromatic heterocycles. The van der Waals surface area contributed by atoms with Crippen molar-refractivity contribution in [2.75, 3.05) is 20.1 Å². The summed E-state index contributed by atoms with van der Waals surface area (Å²) in [6.07, 6.45) is 5.34. The summed E-state index contributed by atoms with van der Waals surface area (Å²) in [5, 5.41) is 4.99. The average molecular weight is 431 g/mol. The van der Waals surface area contributed by atoms with Crippen LogP contribution in [0.5, 0.6) is 0 Å². The van der Waals surface area contributed by atoms with Gasteiger partial charge in [-0.05, 0) is 67.6 Å². The molecule has 0 saturated carbocycles. The Morgan fingerprint density at radius 2 is 1.90 bits per heavy atom. The van der Waals surface area contributed by atoms with Crippen LogP contribution in [0.4, 0.5) is 0 Å². The lowest BCUT2D eigenvalue weighted by Crippen LogP contribution is -2.50. The van der Waals surface area contributed by atoms with E-state index < -0.39 is 0 Å². The first-order valence-electron chi connectivity index (χ1n) is 10.6. The van der Waals surface area contributed by atoms with Crippen molar-refractivity contribution in [3.05, 3.63) is 82.4 Å². The van der Waals surface area contributed by atoms with Gasteiger partial charge in [-0.25, -0.2) is 0 Å². The molecule has 0 bridgehead atoms. The maximum atomic E-state index is 6.39. The third-order valence-corrected chi connectivity index (χ3v) is 6.65. The molecule has 1 aliphatic heterocycles. The monoisotopic (exact) mass is 430 g/mol. The Labute approximate surface area is 185 Å². The van der Waals surface area contributed by atoms with E-state index in [1.165, 1.54) is 11.1 Å². The van der Waals surface area contributed by atoms with E-state index in [-0.39, 0.29) is 0 Å². The third kappa shape index (κ3) is 5.44. The van der Waals surface area contributed by atoms with Gasteiger partial charge in [0.15, 0.2) is 0 Å². The number of nitrogens with one attached hydrogen (secondary N) is 1. The zero-order chi connectivity index (χ0) is 20.8. The summed E-state index contributed by atoms with van der Waals surface area (Å²) < 4.78 is 0. The fourth-order valence-corrected chi connectivity index (χ4v) is 5.18. The van der Waals surface area contributed by atoms with E-state index in [1.54, 1.807) is 0 Å². The molecule has 1 heterocycles. The van der Waals surface area contributed by atoms with E-state index in [0.717, 1.165) is 42.4 Å². The summed E-state index contributed by atoms with van der Waals surface area (Å²) in [6, 6.07) is 17.6.